The Morgan fingerprint density at radius 1 is 0.540 bits per heavy atom. The summed E-state index contributed by atoms with van der Waals surface area (Å²) in [6, 6.07) is -14.0. The fourth-order valence-electron chi connectivity index (χ4n) is 12.4. The van der Waals surface area contributed by atoms with Gasteiger partial charge in [-0.3, -0.25) is 62.3 Å². The second-order valence-electron chi connectivity index (χ2n) is 29.8. The average molecular weight is 1420 g/mol. The largest absolute Gasteiger partial charge is 0.458 e. The summed E-state index contributed by atoms with van der Waals surface area (Å²) in [5.74, 6) is -12.2. The van der Waals surface area contributed by atoms with Crippen molar-refractivity contribution in [3.8, 4) is 0 Å². The number of carbonyl (C=O) groups is 13. The lowest BCUT2D eigenvalue weighted by Gasteiger charge is -2.42. The molecule has 1 fully saturated rings. The van der Waals surface area contributed by atoms with E-state index in [-0.39, 0.29) is 68.7 Å². The van der Waals surface area contributed by atoms with Crippen molar-refractivity contribution in [1.82, 2.24) is 60.5 Å². The Bertz CT molecular complexity index is 2780. The number of likely N-dealkylation sites (N-methyl/N-ethyl adjacent to an activating group) is 8. The Balaban J connectivity index is 4.60. The molecule has 0 bridgehead atoms. The van der Waals surface area contributed by atoms with Gasteiger partial charge in [-0.15, -0.1) is 0 Å². The molecule has 28 nitrogen and oxygen atoms in total. The Morgan fingerprint density at radius 3 is 1.47 bits per heavy atom. The van der Waals surface area contributed by atoms with Crippen LogP contribution in [0.2, 0.25) is 0 Å². The molecule has 0 aromatic rings. The SMILES string of the molecule is C/C=C/C[C@@H](C)[C@@H](OC(=O)CN(CC)C(=O)[C@@H](N)CCCCN)[C@H]1C(=O)N[C@@H](CC)C(=O)N(C)CC(=O)N(C)[C@@H](CC(C)C)C(=O)N[C@@H](C(C)C)C(=O)N(C)[C@@H](CC(C)C)C(=O)N[C@@H](C)C(=O)N[C@@H](C)C(=O)N(C)[C@@H](CC(C)C)C(=O)N(C)[C@@H](CC(C)C)C(=O)N(C)[C@@H](C(C)C)C(=O)N1C. The van der Waals surface area contributed by atoms with Gasteiger partial charge in [0.15, 0.2) is 0 Å². The minimum absolute atomic E-state index is 0.0520. The quantitative estimate of drug-likeness (QED) is 0.0459. The number of hydrogen-bond donors (Lipinski definition) is 6. The van der Waals surface area contributed by atoms with Crippen molar-refractivity contribution >= 4 is 76.9 Å². The molecule has 1 saturated heterocycles. The molecular formula is C72H130N14O14. The van der Waals surface area contributed by atoms with Crippen LogP contribution in [0.3, 0.4) is 0 Å². The fraction of sp³-hybridized carbons (Fsp3) is 0.792. The van der Waals surface area contributed by atoms with E-state index in [0.717, 1.165) is 9.80 Å². The third kappa shape index (κ3) is 26.6. The molecule has 28 heteroatoms. The lowest BCUT2D eigenvalue weighted by molar-refractivity contribution is -0.167. The zero-order chi connectivity index (χ0) is 77.2. The Hall–Kier alpha value is -7.23. The van der Waals surface area contributed by atoms with Crippen LogP contribution in [0.25, 0.3) is 0 Å². The van der Waals surface area contributed by atoms with Gasteiger partial charge in [0.2, 0.25) is 70.9 Å². The van der Waals surface area contributed by atoms with Crippen LogP contribution in [0, 0.1) is 41.4 Å². The van der Waals surface area contributed by atoms with Crippen molar-refractivity contribution in [2.24, 2.45) is 52.9 Å². The molecule has 100 heavy (non-hydrogen) atoms. The molecule has 13 atom stereocenters. The van der Waals surface area contributed by atoms with Crippen molar-refractivity contribution in [2.45, 2.75) is 255 Å². The number of nitrogens with one attached hydrogen (secondary N) is 4. The summed E-state index contributed by atoms with van der Waals surface area (Å²) < 4.78 is 6.34. The molecule has 12 amide bonds. The van der Waals surface area contributed by atoms with Gasteiger partial charge in [-0.05, 0) is 127 Å². The van der Waals surface area contributed by atoms with E-state index < -0.39 is 180 Å². The van der Waals surface area contributed by atoms with Crippen molar-refractivity contribution in [3.05, 3.63) is 12.2 Å². The first-order valence-electron chi connectivity index (χ1n) is 36.0. The number of amides is 12. The van der Waals surface area contributed by atoms with Gasteiger partial charge in [0, 0.05) is 55.9 Å². The standard InChI is InChI=1S/C72H130N14O14/c1-26-29-32-47(16)61(100-57(88)40-86(28-3)67(94)50(74)33-30-31-34-73)60-65(92)77-51(27-2)68(95)79(19)39-56(87)80(20)52(35-41(4)5)64(91)78-58(45(12)13)71(98)81(21)53(36-42(6)7)63(90)75-48(17)62(89)76-49(18)66(93)82(22)54(37-43(8)9)69(96)83(23)55(38-44(10)11)70(97)84(24)59(46(14)15)72(99)85(60)25/h26,29,41-55,58-61H,27-28,30-40,73-74H2,1-25H3,(H,75,90)(H,76,89)(H,77,92)(H,78,91)/b29-26+/t47-,48+,49+,50+,51+,52+,53+,54+,55+,58+,59+,60+,61-/m1/s1. The zero-order valence-electron chi connectivity index (χ0n) is 65.3. The summed E-state index contributed by atoms with van der Waals surface area (Å²) in [5.41, 5.74) is 12.0. The van der Waals surface area contributed by atoms with E-state index in [1.54, 1.807) is 67.5 Å². The topological polar surface area (TPSA) is 357 Å². The third-order valence-corrected chi connectivity index (χ3v) is 18.6. The van der Waals surface area contributed by atoms with Crippen molar-refractivity contribution in [3.63, 3.8) is 0 Å². The highest BCUT2D eigenvalue weighted by Gasteiger charge is 2.47. The molecule has 0 radical (unpaired) electrons. The minimum atomic E-state index is -1.77. The molecule has 8 N–H and O–H groups in total. The number of esters is 1. The molecule has 0 spiro atoms. The van der Waals surface area contributed by atoms with Crippen LogP contribution in [0.4, 0.5) is 0 Å². The van der Waals surface area contributed by atoms with E-state index in [4.69, 9.17) is 16.2 Å². The predicted octanol–water partition coefficient (Wildman–Crippen LogP) is 3.12. The number of carbonyl (C=O) groups excluding carboxylic acids is 13. The molecule has 0 aromatic heterocycles. The molecule has 1 heterocycles. The summed E-state index contributed by atoms with van der Waals surface area (Å²) in [4.78, 5) is 202. The average Bonchev–Trinajstić information content (AvgIpc) is 0.815. The third-order valence-electron chi connectivity index (χ3n) is 18.6. The van der Waals surface area contributed by atoms with Crippen molar-refractivity contribution in [1.29, 1.82) is 0 Å². The number of hydrogen-bond acceptors (Lipinski definition) is 16. The second kappa shape index (κ2) is 42.9. The number of nitrogens with zero attached hydrogens (tertiary/aromatic N) is 8. The number of ether oxygens (including phenoxy) is 1. The maximum atomic E-state index is 15.8. The molecule has 0 aliphatic carbocycles. The van der Waals surface area contributed by atoms with Crippen LogP contribution in [0.5, 0.6) is 0 Å². The van der Waals surface area contributed by atoms with Crippen LogP contribution in [0.1, 0.15) is 182 Å². The Morgan fingerprint density at radius 2 is 1.00 bits per heavy atom. The zero-order valence-corrected chi connectivity index (χ0v) is 65.3. The maximum Gasteiger partial charge on any atom is 0.326 e. The van der Waals surface area contributed by atoms with Crippen LogP contribution in [-0.2, 0) is 67.1 Å². The van der Waals surface area contributed by atoms with Gasteiger partial charge in [0.1, 0.15) is 73.1 Å². The van der Waals surface area contributed by atoms with Gasteiger partial charge < -0.3 is 76.7 Å². The molecule has 0 unspecified atom stereocenters. The Kier molecular flexibility index (Phi) is 38.9. The lowest BCUT2D eigenvalue weighted by atomic mass is 9.91. The van der Waals surface area contributed by atoms with E-state index in [1.807, 2.05) is 55.4 Å². The van der Waals surface area contributed by atoms with E-state index in [0.29, 0.717) is 25.8 Å². The summed E-state index contributed by atoms with van der Waals surface area (Å²) in [6.07, 6.45) is 4.07. The smallest absolute Gasteiger partial charge is 0.326 e. The summed E-state index contributed by atoms with van der Waals surface area (Å²) in [5, 5.41) is 11.0. The van der Waals surface area contributed by atoms with Gasteiger partial charge in [0.25, 0.3) is 0 Å². The summed E-state index contributed by atoms with van der Waals surface area (Å²) in [7, 11) is 9.76. The summed E-state index contributed by atoms with van der Waals surface area (Å²) >= 11 is 0. The number of unbranched alkanes of at least 4 members (excludes halogenated alkanes) is 1. The van der Waals surface area contributed by atoms with E-state index in [1.165, 1.54) is 92.6 Å². The van der Waals surface area contributed by atoms with Crippen LogP contribution in [0.15, 0.2) is 12.2 Å². The molecule has 1 aliphatic heterocycles. The van der Waals surface area contributed by atoms with Crippen molar-refractivity contribution in [2.75, 3.05) is 75.5 Å². The number of allylic oxidation sites excluding steroid dienone is 2. The molecule has 1 rings (SSSR count). The van der Waals surface area contributed by atoms with Gasteiger partial charge in [-0.25, -0.2) is 0 Å². The number of nitrogens with two attached hydrogens (primary N) is 2. The highest BCUT2D eigenvalue weighted by atomic mass is 16.5. The first-order chi connectivity index (χ1) is 46.4. The molecule has 572 valence electrons. The summed E-state index contributed by atoms with van der Waals surface area (Å²) in [6.45, 7) is 30.5. The maximum absolute atomic E-state index is 15.8. The van der Waals surface area contributed by atoms with E-state index >= 15 is 19.2 Å². The van der Waals surface area contributed by atoms with Crippen LogP contribution >= 0.6 is 0 Å². The second-order valence-corrected chi connectivity index (χ2v) is 29.8. The van der Waals surface area contributed by atoms with Crippen molar-refractivity contribution < 1.29 is 67.1 Å². The Labute approximate surface area is 597 Å². The lowest BCUT2D eigenvalue weighted by Crippen LogP contribution is -2.64. The van der Waals surface area contributed by atoms with Gasteiger partial charge in [-0.2, -0.15) is 0 Å². The van der Waals surface area contributed by atoms with E-state index in [9.17, 15) is 43.2 Å². The molecule has 0 saturated carbocycles. The first-order valence-corrected chi connectivity index (χ1v) is 36.0. The van der Waals surface area contributed by atoms with Gasteiger partial charge >= 0.3 is 5.97 Å². The molecule has 0 aromatic carbocycles. The highest BCUT2D eigenvalue weighted by molar-refractivity contribution is 6.00. The molecule has 1 aliphatic rings. The minimum Gasteiger partial charge on any atom is -0.458 e. The predicted molar refractivity (Wildman–Crippen MR) is 385 cm³/mol. The normalized spacial score (nSPS) is 24.9. The number of rotatable bonds is 24. The highest BCUT2D eigenvalue weighted by Crippen LogP contribution is 2.27. The van der Waals surface area contributed by atoms with Gasteiger partial charge in [0.05, 0.1) is 12.6 Å². The van der Waals surface area contributed by atoms with Crippen LogP contribution in [-0.4, -0.2) is 264 Å². The van der Waals surface area contributed by atoms with E-state index in [2.05, 4.69) is 21.3 Å². The molecular weight excluding hydrogens is 1280 g/mol. The van der Waals surface area contributed by atoms with Gasteiger partial charge in [-0.1, -0.05) is 116 Å². The van der Waals surface area contributed by atoms with Crippen LogP contribution < -0.4 is 32.7 Å². The first kappa shape index (κ1) is 90.8. The fourth-order valence-corrected chi connectivity index (χ4v) is 12.4. The monoisotopic (exact) mass is 1410 g/mol.